The van der Waals surface area contributed by atoms with E-state index in [0.29, 0.717) is 18.3 Å². The normalized spacial score (nSPS) is 16.8. The molecule has 1 saturated heterocycles. The van der Waals surface area contributed by atoms with Gasteiger partial charge in [0.2, 0.25) is 11.8 Å². The van der Waals surface area contributed by atoms with Crippen molar-refractivity contribution in [2.24, 2.45) is 0 Å². The second-order valence-corrected chi connectivity index (χ2v) is 4.07. The minimum absolute atomic E-state index is 0.0416. The van der Waals surface area contributed by atoms with Gasteiger partial charge in [0.25, 0.3) is 0 Å². The van der Waals surface area contributed by atoms with E-state index in [4.69, 9.17) is 9.15 Å². The molecule has 0 aliphatic carbocycles. The number of ether oxygens (including phenoxy) is 1. The van der Waals surface area contributed by atoms with Crippen molar-refractivity contribution in [3.8, 4) is 0 Å². The number of aryl methyl sites for hydroxylation is 1. The number of rotatable bonds is 5. The summed E-state index contributed by atoms with van der Waals surface area (Å²) in [7, 11) is 0. The fourth-order valence-electron chi connectivity index (χ4n) is 1.69. The van der Waals surface area contributed by atoms with Crippen LogP contribution in [0.1, 0.15) is 18.7 Å². The summed E-state index contributed by atoms with van der Waals surface area (Å²) in [5.41, 5.74) is 0. The van der Waals surface area contributed by atoms with Crippen molar-refractivity contribution in [1.29, 1.82) is 0 Å². The highest BCUT2D eigenvalue weighted by molar-refractivity contribution is 5.66. The molecule has 1 fully saturated rings. The first-order chi connectivity index (χ1) is 8.13. The molecule has 7 heteroatoms. The fourth-order valence-corrected chi connectivity index (χ4v) is 1.69. The summed E-state index contributed by atoms with van der Waals surface area (Å²) in [6.45, 7) is 6.01. The van der Waals surface area contributed by atoms with Crippen molar-refractivity contribution >= 4 is 5.97 Å². The number of nitrogens with one attached hydrogen (secondary N) is 1. The molecule has 0 amide bonds. The maximum Gasteiger partial charge on any atom is 0.302 e. The third kappa shape index (κ3) is 3.50. The third-order valence-corrected chi connectivity index (χ3v) is 2.44. The zero-order valence-corrected chi connectivity index (χ0v) is 9.97. The first-order valence-corrected chi connectivity index (χ1v) is 5.53. The van der Waals surface area contributed by atoms with Crippen LogP contribution in [0.3, 0.4) is 0 Å². The molecular weight excluding hydrogens is 224 g/mol. The van der Waals surface area contributed by atoms with Gasteiger partial charge in [-0.3, -0.25) is 15.0 Å². The predicted molar refractivity (Wildman–Crippen MR) is 57.9 cm³/mol. The van der Waals surface area contributed by atoms with E-state index >= 15 is 0 Å². The highest BCUT2D eigenvalue weighted by Gasteiger charge is 2.28. The molecule has 2 heterocycles. The van der Waals surface area contributed by atoms with Crippen LogP contribution < -0.4 is 5.32 Å². The van der Waals surface area contributed by atoms with Crippen LogP contribution in [0.5, 0.6) is 0 Å². The monoisotopic (exact) mass is 240 g/mol. The number of hydrogen-bond donors (Lipinski definition) is 1. The Kier molecular flexibility index (Phi) is 3.70. The summed E-state index contributed by atoms with van der Waals surface area (Å²) >= 11 is 0. The molecule has 0 unspecified atom stereocenters. The highest BCUT2D eigenvalue weighted by Crippen LogP contribution is 2.10. The second-order valence-electron chi connectivity index (χ2n) is 4.07. The Morgan fingerprint density at radius 2 is 2.35 bits per heavy atom. The molecule has 1 aromatic rings. The Morgan fingerprint density at radius 1 is 1.59 bits per heavy atom. The van der Waals surface area contributed by atoms with Crippen LogP contribution in [0.15, 0.2) is 4.42 Å². The topological polar surface area (TPSA) is 80.5 Å². The van der Waals surface area contributed by atoms with E-state index in [0.717, 1.165) is 19.8 Å². The summed E-state index contributed by atoms with van der Waals surface area (Å²) < 4.78 is 10.3. The lowest BCUT2D eigenvalue weighted by atomic mass is 10.2. The van der Waals surface area contributed by atoms with Gasteiger partial charge in [-0.15, -0.1) is 10.2 Å². The van der Waals surface area contributed by atoms with Gasteiger partial charge in [0.05, 0.1) is 6.54 Å². The Balaban J connectivity index is 1.57. The van der Waals surface area contributed by atoms with Gasteiger partial charge in [-0.1, -0.05) is 0 Å². The van der Waals surface area contributed by atoms with Crippen LogP contribution in [0, 0.1) is 6.92 Å². The SMILES string of the molecule is CC(=O)OC1CN(CNCc2nnc(C)o2)C1. The molecule has 17 heavy (non-hydrogen) atoms. The average molecular weight is 240 g/mol. The Hall–Kier alpha value is -1.47. The molecule has 94 valence electrons. The molecule has 1 aliphatic heterocycles. The van der Waals surface area contributed by atoms with Crippen LogP contribution in [-0.4, -0.2) is 46.9 Å². The molecule has 7 nitrogen and oxygen atoms in total. The number of carbonyl (C=O) groups is 1. The largest absolute Gasteiger partial charge is 0.460 e. The minimum Gasteiger partial charge on any atom is -0.460 e. The second kappa shape index (κ2) is 5.24. The molecule has 0 atom stereocenters. The van der Waals surface area contributed by atoms with Gasteiger partial charge < -0.3 is 9.15 Å². The molecule has 2 rings (SSSR count). The quantitative estimate of drug-likeness (QED) is 0.706. The van der Waals surface area contributed by atoms with Gasteiger partial charge in [-0.2, -0.15) is 0 Å². The fraction of sp³-hybridized carbons (Fsp3) is 0.700. The van der Waals surface area contributed by atoms with Crippen molar-refractivity contribution in [2.45, 2.75) is 26.5 Å². The molecule has 1 aliphatic rings. The lowest BCUT2D eigenvalue weighted by Gasteiger charge is -2.38. The lowest BCUT2D eigenvalue weighted by Crippen LogP contribution is -2.55. The van der Waals surface area contributed by atoms with Gasteiger partial charge in [0.1, 0.15) is 6.10 Å². The summed E-state index contributed by atoms with van der Waals surface area (Å²) in [6, 6.07) is 0. The Labute approximate surface area is 99.1 Å². The number of likely N-dealkylation sites (tertiary alicyclic amines) is 1. The number of nitrogens with zero attached hydrogens (tertiary/aromatic N) is 3. The standard InChI is InChI=1S/C10H16N4O3/c1-7-12-13-10(16-7)3-11-6-14-4-9(5-14)17-8(2)15/h9,11H,3-6H2,1-2H3. The molecule has 0 spiro atoms. The van der Waals surface area contributed by atoms with E-state index in [9.17, 15) is 4.79 Å². The summed E-state index contributed by atoms with van der Waals surface area (Å²) in [5, 5.41) is 10.8. The van der Waals surface area contributed by atoms with Crippen molar-refractivity contribution in [3.05, 3.63) is 11.8 Å². The molecule has 0 bridgehead atoms. The summed E-state index contributed by atoms with van der Waals surface area (Å²) in [4.78, 5) is 12.8. The molecule has 0 radical (unpaired) electrons. The van der Waals surface area contributed by atoms with E-state index in [1.165, 1.54) is 6.92 Å². The van der Waals surface area contributed by atoms with E-state index in [2.05, 4.69) is 20.4 Å². The van der Waals surface area contributed by atoms with Crippen LogP contribution in [-0.2, 0) is 16.1 Å². The van der Waals surface area contributed by atoms with Gasteiger partial charge >= 0.3 is 5.97 Å². The van der Waals surface area contributed by atoms with Crippen molar-refractivity contribution in [1.82, 2.24) is 20.4 Å². The van der Waals surface area contributed by atoms with Crippen LogP contribution in [0.4, 0.5) is 0 Å². The third-order valence-electron chi connectivity index (χ3n) is 2.44. The number of aromatic nitrogens is 2. The summed E-state index contributed by atoms with van der Waals surface area (Å²) in [6.07, 6.45) is 0.0416. The van der Waals surface area contributed by atoms with Gasteiger partial charge in [0.15, 0.2) is 0 Å². The van der Waals surface area contributed by atoms with E-state index in [-0.39, 0.29) is 12.1 Å². The lowest BCUT2D eigenvalue weighted by molar-refractivity contribution is -0.154. The van der Waals surface area contributed by atoms with Gasteiger partial charge in [-0.25, -0.2) is 0 Å². The first kappa shape index (κ1) is 12.0. The van der Waals surface area contributed by atoms with Crippen molar-refractivity contribution in [3.63, 3.8) is 0 Å². The van der Waals surface area contributed by atoms with Crippen LogP contribution in [0.25, 0.3) is 0 Å². The highest BCUT2D eigenvalue weighted by atomic mass is 16.5. The van der Waals surface area contributed by atoms with Crippen LogP contribution in [0.2, 0.25) is 0 Å². The zero-order chi connectivity index (χ0) is 12.3. The molecular formula is C10H16N4O3. The number of hydrogen-bond acceptors (Lipinski definition) is 7. The van der Waals surface area contributed by atoms with E-state index < -0.39 is 0 Å². The number of carbonyl (C=O) groups excluding carboxylic acids is 1. The Bertz CT molecular complexity index is 387. The zero-order valence-electron chi connectivity index (χ0n) is 9.97. The predicted octanol–water partition coefficient (Wildman–Crippen LogP) is -0.328. The van der Waals surface area contributed by atoms with Gasteiger partial charge in [0, 0.05) is 33.6 Å². The minimum atomic E-state index is -0.219. The first-order valence-electron chi connectivity index (χ1n) is 5.53. The van der Waals surface area contributed by atoms with Crippen LogP contribution >= 0.6 is 0 Å². The molecule has 0 aromatic carbocycles. The van der Waals surface area contributed by atoms with E-state index in [1.54, 1.807) is 6.92 Å². The van der Waals surface area contributed by atoms with Crippen molar-refractivity contribution in [2.75, 3.05) is 19.8 Å². The Morgan fingerprint density at radius 3 is 2.94 bits per heavy atom. The maximum absolute atomic E-state index is 10.7. The van der Waals surface area contributed by atoms with Crippen molar-refractivity contribution < 1.29 is 13.9 Å². The molecule has 1 aromatic heterocycles. The molecule has 1 N–H and O–H groups in total. The van der Waals surface area contributed by atoms with Gasteiger partial charge in [-0.05, 0) is 0 Å². The average Bonchev–Trinajstić information content (AvgIpc) is 2.59. The number of esters is 1. The van der Waals surface area contributed by atoms with E-state index in [1.807, 2.05) is 0 Å². The summed E-state index contributed by atoms with van der Waals surface area (Å²) in [5.74, 6) is 0.934. The molecule has 0 saturated carbocycles. The smallest absolute Gasteiger partial charge is 0.302 e. The maximum atomic E-state index is 10.7.